The lowest BCUT2D eigenvalue weighted by molar-refractivity contribution is 0.0852. The molecule has 0 aromatic carbocycles. The number of H-pyrrole nitrogens is 1. The zero-order valence-electron chi connectivity index (χ0n) is 10.3. The quantitative estimate of drug-likeness (QED) is 0.703. The van der Waals surface area contributed by atoms with Gasteiger partial charge in [0, 0.05) is 43.9 Å². The van der Waals surface area contributed by atoms with Crippen molar-refractivity contribution in [3.05, 3.63) is 17.0 Å². The molecule has 0 bridgehead atoms. The summed E-state index contributed by atoms with van der Waals surface area (Å²) in [6, 6.07) is 0. The average Bonchev–Trinajstić information content (AvgIpc) is 3.05. The number of rotatable bonds is 3. The van der Waals surface area contributed by atoms with E-state index in [1.165, 1.54) is 0 Å². The van der Waals surface area contributed by atoms with Crippen LogP contribution in [0.1, 0.15) is 34.6 Å². The first-order valence-electron chi connectivity index (χ1n) is 6.51. The monoisotopic (exact) mass is 250 g/mol. The Morgan fingerprint density at radius 1 is 1.56 bits per heavy atom. The van der Waals surface area contributed by atoms with Gasteiger partial charge in [-0.2, -0.15) is 5.10 Å². The van der Waals surface area contributed by atoms with Gasteiger partial charge < -0.3 is 15.4 Å². The Hall–Kier alpha value is -1.40. The minimum atomic E-state index is -0.105. The Kier molecular flexibility index (Phi) is 3.29. The third kappa shape index (κ3) is 2.26. The van der Waals surface area contributed by atoms with Crippen LogP contribution in [0.4, 0.5) is 0 Å². The minimum absolute atomic E-state index is 0.105. The molecule has 1 aromatic heterocycles. The van der Waals surface area contributed by atoms with Crippen LogP contribution in [0.3, 0.4) is 0 Å². The lowest BCUT2D eigenvalue weighted by Crippen LogP contribution is -2.33. The summed E-state index contributed by atoms with van der Waals surface area (Å²) < 4.78 is 5.48. The summed E-state index contributed by atoms with van der Waals surface area (Å²) in [7, 11) is 0. The molecule has 1 aromatic rings. The number of hydrogen-bond acceptors (Lipinski definition) is 4. The van der Waals surface area contributed by atoms with E-state index in [-0.39, 0.29) is 12.0 Å². The van der Waals surface area contributed by atoms with E-state index in [9.17, 15) is 4.79 Å². The van der Waals surface area contributed by atoms with E-state index >= 15 is 0 Å². The van der Waals surface area contributed by atoms with E-state index in [4.69, 9.17) is 4.74 Å². The molecule has 0 saturated carbocycles. The van der Waals surface area contributed by atoms with Crippen LogP contribution in [-0.2, 0) is 17.7 Å². The summed E-state index contributed by atoms with van der Waals surface area (Å²) in [5.74, 6) is -0.105. The number of carbonyl (C=O) groups is 1. The highest BCUT2D eigenvalue weighted by atomic mass is 16.5. The van der Waals surface area contributed by atoms with Crippen LogP contribution < -0.4 is 10.6 Å². The van der Waals surface area contributed by atoms with Gasteiger partial charge in [0.1, 0.15) is 0 Å². The maximum Gasteiger partial charge on any atom is 0.272 e. The Bertz CT molecular complexity index is 437. The van der Waals surface area contributed by atoms with Crippen molar-refractivity contribution < 1.29 is 9.53 Å². The zero-order chi connectivity index (χ0) is 12.4. The van der Waals surface area contributed by atoms with E-state index < -0.39 is 0 Å². The summed E-state index contributed by atoms with van der Waals surface area (Å²) >= 11 is 0. The second kappa shape index (κ2) is 5.07. The molecule has 6 heteroatoms. The topological polar surface area (TPSA) is 79.0 Å². The van der Waals surface area contributed by atoms with E-state index in [1.807, 2.05) is 0 Å². The van der Waals surface area contributed by atoms with E-state index in [0.29, 0.717) is 18.8 Å². The third-order valence-corrected chi connectivity index (χ3v) is 3.54. The fourth-order valence-corrected chi connectivity index (χ4v) is 2.51. The summed E-state index contributed by atoms with van der Waals surface area (Å²) in [6.07, 6.45) is 3.19. The number of ether oxygens (including phenoxy) is 1. The standard InChI is InChI=1S/C12H18N4O2/c17-12(14-6-8-2-1-5-18-8)11-9-7-13-4-3-10(9)15-16-11/h8,13H,1-7H2,(H,14,17)(H,15,16)/t8-/m0/s1. The fourth-order valence-electron chi connectivity index (χ4n) is 2.51. The summed E-state index contributed by atoms with van der Waals surface area (Å²) in [5.41, 5.74) is 2.61. The molecule has 1 fully saturated rings. The van der Waals surface area contributed by atoms with Crippen molar-refractivity contribution in [3.8, 4) is 0 Å². The first-order valence-corrected chi connectivity index (χ1v) is 6.51. The van der Waals surface area contributed by atoms with Crippen LogP contribution >= 0.6 is 0 Å². The number of aromatic nitrogens is 2. The smallest absolute Gasteiger partial charge is 0.272 e. The first kappa shape index (κ1) is 11.7. The van der Waals surface area contributed by atoms with E-state index in [2.05, 4.69) is 20.8 Å². The summed E-state index contributed by atoms with van der Waals surface area (Å²) in [4.78, 5) is 12.1. The van der Waals surface area contributed by atoms with Crippen LogP contribution in [0, 0.1) is 0 Å². The van der Waals surface area contributed by atoms with Gasteiger partial charge >= 0.3 is 0 Å². The molecular weight excluding hydrogens is 232 g/mol. The fraction of sp³-hybridized carbons (Fsp3) is 0.667. The normalized spacial score (nSPS) is 22.8. The first-order chi connectivity index (χ1) is 8.84. The number of amides is 1. The number of nitrogens with zero attached hydrogens (tertiary/aromatic N) is 1. The molecule has 3 N–H and O–H groups in total. The predicted octanol–water partition coefficient (Wildman–Crippen LogP) is -0.0358. The molecule has 1 atom stereocenters. The highest BCUT2D eigenvalue weighted by molar-refractivity contribution is 5.94. The minimum Gasteiger partial charge on any atom is -0.376 e. The lowest BCUT2D eigenvalue weighted by Gasteiger charge is -2.13. The van der Waals surface area contributed by atoms with Gasteiger partial charge in [-0.25, -0.2) is 0 Å². The van der Waals surface area contributed by atoms with Crippen molar-refractivity contribution in [2.75, 3.05) is 19.7 Å². The van der Waals surface area contributed by atoms with Crippen molar-refractivity contribution in [2.45, 2.75) is 31.9 Å². The Morgan fingerprint density at radius 2 is 2.50 bits per heavy atom. The van der Waals surface area contributed by atoms with Crippen molar-refractivity contribution in [3.63, 3.8) is 0 Å². The van der Waals surface area contributed by atoms with Crippen molar-refractivity contribution in [2.24, 2.45) is 0 Å². The number of nitrogens with one attached hydrogen (secondary N) is 3. The van der Waals surface area contributed by atoms with Gasteiger partial charge in [-0.05, 0) is 12.8 Å². The van der Waals surface area contributed by atoms with Gasteiger partial charge in [0.05, 0.1) is 6.10 Å². The maximum absolute atomic E-state index is 12.1. The number of carbonyl (C=O) groups excluding carboxylic acids is 1. The third-order valence-electron chi connectivity index (χ3n) is 3.54. The molecule has 18 heavy (non-hydrogen) atoms. The highest BCUT2D eigenvalue weighted by Gasteiger charge is 2.22. The van der Waals surface area contributed by atoms with Gasteiger partial charge in [0.25, 0.3) is 5.91 Å². The van der Waals surface area contributed by atoms with E-state index in [0.717, 1.165) is 43.7 Å². The van der Waals surface area contributed by atoms with Crippen LogP contribution in [0.5, 0.6) is 0 Å². The van der Waals surface area contributed by atoms with Gasteiger partial charge in [-0.15, -0.1) is 0 Å². The molecule has 3 rings (SSSR count). The Balaban J connectivity index is 1.63. The highest BCUT2D eigenvalue weighted by Crippen LogP contribution is 2.15. The molecule has 6 nitrogen and oxygen atoms in total. The van der Waals surface area contributed by atoms with Gasteiger partial charge in [0.15, 0.2) is 5.69 Å². The molecular formula is C12H18N4O2. The molecule has 0 radical (unpaired) electrons. The van der Waals surface area contributed by atoms with E-state index in [1.54, 1.807) is 0 Å². The predicted molar refractivity (Wildman–Crippen MR) is 65.3 cm³/mol. The maximum atomic E-state index is 12.1. The zero-order valence-corrected chi connectivity index (χ0v) is 10.3. The second-order valence-electron chi connectivity index (χ2n) is 4.80. The molecule has 3 heterocycles. The van der Waals surface area contributed by atoms with Crippen molar-refractivity contribution in [1.29, 1.82) is 0 Å². The molecule has 1 amide bonds. The van der Waals surface area contributed by atoms with Gasteiger partial charge in [0.2, 0.25) is 0 Å². The summed E-state index contributed by atoms with van der Waals surface area (Å²) in [6.45, 7) is 3.04. The summed E-state index contributed by atoms with van der Waals surface area (Å²) in [5, 5.41) is 13.2. The van der Waals surface area contributed by atoms with Crippen LogP contribution in [0.2, 0.25) is 0 Å². The molecule has 2 aliphatic heterocycles. The molecule has 98 valence electrons. The lowest BCUT2D eigenvalue weighted by atomic mass is 10.1. The van der Waals surface area contributed by atoms with Crippen LogP contribution in [0.15, 0.2) is 0 Å². The molecule has 1 saturated heterocycles. The van der Waals surface area contributed by atoms with Gasteiger partial charge in [-0.3, -0.25) is 9.89 Å². The largest absolute Gasteiger partial charge is 0.376 e. The van der Waals surface area contributed by atoms with Crippen LogP contribution in [-0.4, -0.2) is 41.9 Å². The number of hydrogen-bond donors (Lipinski definition) is 3. The second-order valence-corrected chi connectivity index (χ2v) is 4.80. The molecule has 0 unspecified atom stereocenters. The Labute approximate surface area is 105 Å². The average molecular weight is 250 g/mol. The van der Waals surface area contributed by atoms with Crippen molar-refractivity contribution in [1.82, 2.24) is 20.8 Å². The SMILES string of the molecule is O=C(NC[C@@H]1CCCO1)c1n[nH]c2c1CNCC2. The number of fused-ring (bicyclic) bond motifs is 1. The Morgan fingerprint density at radius 3 is 3.33 bits per heavy atom. The van der Waals surface area contributed by atoms with Gasteiger partial charge in [-0.1, -0.05) is 0 Å². The molecule has 2 aliphatic rings. The molecule has 0 aliphatic carbocycles. The number of aromatic amines is 1. The molecule has 0 spiro atoms. The van der Waals surface area contributed by atoms with Crippen molar-refractivity contribution >= 4 is 5.91 Å². The van der Waals surface area contributed by atoms with Crippen LogP contribution in [0.25, 0.3) is 0 Å².